The van der Waals surface area contributed by atoms with Gasteiger partial charge in [-0.3, -0.25) is 9.59 Å². The molecule has 2 rings (SSSR count). The number of carbonyl (C=O) groups is 2. The maximum absolute atomic E-state index is 12.5. The van der Waals surface area contributed by atoms with Gasteiger partial charge in [-0.2, -0.15) is 0 Å². The van der Waals surface area contributed by atoms with Crippen LogP contribution in [0.5, 0.6) is 0 Å². The zero-order chi connectivity index (χ0) is 15.9. The highest BCUT2D eigenvalue weighted by Crippen LogP contribution is 2.15. The summed E-state index contributed by atoms with van der Waals surface area (Å²) in [7, 11) is 1.81. The second-order valence-corrected chi connectivity index (χ2v) is 6.30. The molecule has 134 valence electrons. The molecular formula is C16H30ClN3O3. The highest BCUT2D eigenvalue weighted by atomic mass is 35.5. The number of amides is 2. The minimum atomic E-state index is -0.383. The summed E-state index contributed by atoms with van der Waals surface area (Å²) < 4.78 is 5.61. The fraction of sp³-hybridized carbons (Fsp3) is 0.875. The van der Waals surface area contributed by atoms with Gasteiger partial charge in [0.1, 0.15) is 0 Å². The second kappa shape index (κ2) is 10.1. The van der Waals surface area contributed by atoms with Crippen molar-refractivity contribution >= 4 is 24.2 Å². The maximum atomic E-state index is 12.5. The van der Waals surface area contributed by atoms with Crippen molar-refractivity contribution in [1.29, 1.82) is 0 Å². The van der Waals surface area contributed by atoms with E-state index in [2.05, 4.69) is 12.2 Å². The van der Waals surface area contributed by atoms with Crippen molar-refractivity contribution in [2.45, 2.75) is 51.2 Å². The van der Waals surface area contributed by atoms with Gasteiger partial charge in [0.15, 0.2) is 0 Å². The Morgan fingerprint density at radius 2 is 2.26 bits per heavy atom. The molecule has 2 unspecified atom stereocenters. The Kier molecular flexibility index (Phi) is 8.87. The molecule has 0 aromatic carbocycles. The number of nitrogens with one attached hydrogen (secondary N) is 1. The van der Waals surface area contributed by atoms with Crippen LogP contribution in [0.2, 0.25) is 0 Å². The van der Waals surface area contributed by atoms with Gasteiger partial charge in [0.25, 0.3) is 0 Å². The molecule has 1 N–H and O–H groups in total. The smallest absolute Gasteiger partial charge is 0.240 e. The predicted molar refractivity (Wildman–Crippen MR) is 91.8 cm³/mol. The summed E-state index contributed by atoms with van der Waals surface area (Å²) in [5.41, 5.74) is 0. The molecule has 2 amide bonds. The Morgan fingerprint density at radius 1 is 1.48 bits per heavy atom. The molecule has 2 saturated heterocycles. The van der Waals surface area contributed by atoms with Crippen LogP contribution < -0.4 is 5.32 Å². The van der Waals surface area contributed by atoms with Gasteiger partial charge in [0, 0.05) is 39.8 Å². The third kappa shape index (κ3) is 5.94. The summed E-state index contributed by atoms with van der Waals surface area (Å²) in [6.45, 7) is 5.78. The number of ether oxygens (including phenoxy) is 1. The summed E-state index contributed by atoms with van der Waals surface area (Å²) in [4.78, 5) is 28.3. The van der Waals surface area contributed by atoms with E-state index in [1.807, 2.05) is 11.9 Å². The van der Waals surface area contributed by atoms with Gasteiger partial charge in [0.2, 0.25) is 11.8 Å². The Hall–Kier alpha value is -0.850. The molecule has 2 heterocycles. The summed E-state index contributed by atoms with van der Waals surface area (Å²) in [5, 5.41) is 3.19. The van der Waals surface area contributed by atoms with E-state index >= 15 is 0 Å². The topological polar surface area (TPSA) is 61.9 Å². The zero-order valence-corrected chi connectivity index (χ0v) is 15.1. The minimum absolute atomic E-state index is 0. The standard InChI is InChI=1S/C16H29N3O3.ClH/c1-3-4-8-18(2)15(20)11-14-16(21)19(9-7-17-14)12-13-6-5-10-22-13;/h13-14,17H,3-12H2,1-2H3;1H. The summed E-state index contributed by atoms with van der Waals surface area (Å²) in [6.07, 6.45) is 4.59. The largest absolute Gasteiger partial charge is 0.376 e. The Balaban J connectivity index is 0.00000264. The normalized spacial score (nSPS) is 24.4. The molecule has 0 spiro atoms. The number of hydrogen-bond donors (Lipinski definition) is 1. The fourth-order valence-corrected chi connectivity index (χ4v) is 3.02. The van der Waals surface area contributed by atoms with Crippen molar-refractivity contribution in [2.24, 2.45) is 0 Å². The van der Waals surface area contributed by atoms with Crippen molar-refractivity contribution in [3.63, 3.8) is 0 Å². The van der Waals surface area contributed by atoms with Gasteiger partial charge in [-0.05, 0) is 19.3 Å². The molecule has 0 aromatic heterocycles. The molecule has 23 heavy (non-hydrogen) atoms. The molecule has 2 fully saturated rings. The molecule has 2 aliphatic rings. The zero-order valence-electron chi connectivity index (χ0n) is 14.3. The van der Waals surface area contributed by atoms with E-state index in [-0.39, 0.29) is 42.8 Å². The first-order chi connectivity index (χ1) is 10.6. The molecule has 2 aliphatic heterocycles. The van der Waals surface area contributed by atoms with Crippen LogP contribution >= 0.6 is 12.4 Å². The number of piperazine rings is 1. The van der Waals surface area contributed by atoms with Crippen molar-refractivity contribution in [3.05, 3.63) is 0 Å². The van der Waals surface area contributed by atoms with Gasteiger partial charge in [-0.1, -0.05) is 13.3 Å². The Bertz CT molecular complexity index is 389. The van der Waals surface area contributed by atoms with Crippen LogP contribution in [0.3, 0.4) is 0 Å². The summed E-state index contributed by atoms with van der Waals surface area (Å²) >= 11 is 0. The second-order valence-electron chi connectivity index (χ2n) is 6.30. The molecule has 0 saturated carbocycles. The van der Waals surface area contributed by atoms with Gasteiger partial charge < -0.3 is 19.9 Å². The van der Waals surface area contributed by atoms with E-state index in [1.54, 1.807) is 4.90 Å². The molecule has 6 nitrogen and oxygen atoms in total. The number of carbonyl (C=O) groups excluding carboxylic acids is 2. The SMILES string of the molecule is CCCCN(C)C(=O)CC1NCCN(CC2CCCO2)C1=O.Cl. The van der Waals surface area contributed by atoms with Crippen molar-refractivity contribution < 1.29 is 14.3 Å². The fourth-order valence-electron chi connectivity index (χ4n) is 3.02. The maximum Gasteiger partial charge on any atom is 0.240 e. The molecule has 2 atom stereocenters. The monoisotopic (exact) mass is 347 g/mol. The lowest BCUT2D eigenvalue weighted by Crippen LogP contribution is -2.57. The van der Waals surface area contributed by atoms with Crippen LogP contribution in [0.15, 0.2) is 0 Å². The average Bonchev–Trinajstić information content (AvgIpc) is 3.01. The molecule has 0 aliphatic carbocycles. The van der Waals surface area contributed by atoms with Crippen molar-refractivity contribution in [2.75, 3.05) is 39.8 Å². The number of nitrogens with zero attached hydrogens (tertiary/aromatic N) is 2. The lowest BCUT2D eigenvalue weighted by atomic mass is 10.1. The van der Waals surface area contributed by atoms with Gasteiger partial charge in [-0.15, -0.1) is 12.4 Å². The average molecular weight is 348 g/mol. The van der Waals surface area contributed by atoms with Crippen LogP contribution in [-0.4, -0.2) is 73.6 Å². The number of hydrogen-bond acceptors (Lipinski definition) is 4. The van der Waals surface area contributed by atoms with Crippen molar-refractivity contribution in [3.8, 4) is 0 Å². The number of halogens is 1. The minimum Gasteiger partial charge on any atom is -0.376 e. The van der Waals surface area contributed by atoms with E-state index in [9.17, 15) is 9.59 Å². The number of unbranched alkanes of at least 4 members (excludes halogenated alkanes) is 1. The molecule has 0 aromatic rings. The van der Waals surface area contributed by atoms with Crippen molar-refractivity contribution in [1.82, 2.24) is 15.1 Å². The summed E-state index contributed by atoms with van der Waals surface area (Å²) in [5.74, 6) is 0.0808. The van der Waals surface area contributed by atoms with Crippen LogP contribution in [-0.2, 0) is 14.3 Å². The third-order valence-corrected chi connectivity index (χ3v) is 4.48. The summed E-state index contributed by atoms with van der Waals surface area (Å²) in [6, 6.07) is -0.383. The highest BCUT2D eigenvalue weighted by molar-refractivity contribution is 5.88. The lowest BCUT2D eigenvalue weighted by Gasteiger charge is -2.34. The predicted octanol–water partition coefficient (Wildman–Crippen LogP) is 1.04. The van der Waals surface area contributed by atoms with E-state index in [1.165, 1.54) is 0 Å². The molecular weight excluding hydrogens is 318 g/mol. The van der Waals surface area contributed by atoms with Crippen LogP contribution in [0.1, 0.15) is 39.0 Å². The first-order valence-electron chi connectivity index (χ1n) is 8.49. The molecule has 0 bridgehead atoms. The van der Waals surface area contributed by atoms with Gasteiger partial charge in [0.05, 0.1) is 18.6 Å². The number of rotatable bonds is 7. The quantitative estimate of drug-likeness (QED) is 0.747. The Labute approximate surface area is 145 Å². The lowest BCUT2D eigenvalue weighted by molar-refractivity contribution is -0.141. The van der Waals surface area contributed by atoms with Gasteiger partial charge in [-0.25, -0.2) is 0 Å². The molecule has 7 heteroatoms. The van der Waals surface area contributed by atoms with E-state index in [0.29, 0.717) is 13.1 Å². The highest BCUT2D eigenvalue weighted by Gasteiger charge is 2.32. The van der Waals surface area contributed by atoms with Gasteiger partial charge >= 0.3 is 0 Å². The Morgan fingerprint density at radius 3 is 2.91 bits per heavy atom. The first-order valence-corrected chi connectivity index (χ1v) is 8.49. The van der Waals surface area contributed by atoms with Crippen LogP contribution in [0.25, 0.3) is 0 Å². The molecule has 0 radical (unpaired) electrons. The first kappa shape index (κ1) is 20.2. The third-order valence-electron chi connectivity index (χ3n) is 4.48. The van der Waals surface area contributed by atoms with Crippen LogP contribution in [0, 0.1) is 0 Å². The van der Waals surface area contributed by atoms with Crippen LogP contribution in [0.4, 0.5) is 0 Å². The van der Waals surface area contributed by atoms with E-state index in [4.69, 9.17) is 4.74 Å². The van der Waals surface area contributed by atoms with E-state index in [0.717, 1.165) is 45.4 Å². The van der Waals surface area contributed by atoms with E-state index < -0.39 is 0 Å².